The standard InChI is InChI=1S/C13H13N5O/c19-12(10-4-2-1-3-5-10)11(13-15-6-7-16-13)18-9-14-8-17-18/h1-5,8-9,15-16H,6-7H2. The lowest BCUT2D eigenvalue weighted by Gasteiger charge is -2.10. The van der Waals surface area contributed by atoms with E-state index in [-0.39, 0.29) is 5.78 Å². The summed E-state index contributed by atoms with van der Waals surface area (Å²) in [5.41, 5.74) is 1.08. The maximum absolute atomic E-state index is 12.6. The number of rotatable bonds is 3. The van der Waals surface area contributed by atoms with E-state index >= 15 is 0 Å². The number of nitrogens with one attached hydrogen (secondary N) is 2. The van der Waals surface area contributed by atoms with E-state index in [1.54, 1.807) is 12.1 Å². The number of hydrogen-bond acceptors (Lipinski definition) is 5. The van der Waals surface area contributed by atoms with Gasteiger partial charge in [-0.05, 0) is 0 Å². The van der Waals surface area contributed by atoms with E-state index in [1.807, 2.05) is 18.2 Å². The number of ketones is 1. The molecular weight excluding hydrogens is 242 g/mol. The molecule has 1 saturated heterocycles. The van der Waals surface area contributed by atoms with Crippen molar-refractivity contribution in [1.82, 2.24) is 25.4 Å². The summed E-state index contributed by atoms with van der Waals surface area (Å²) < 4.78 is 1.48. The Kier molecular flexibility index (Phi) is 2.97. The van der Waals surface area contributed by atoms with Gasteiger partial charge in [-0.2, -0.15) is 5.10 Å². The van der Waals surface area contributed by atoms with Gasteiger partial charge in [-0.15, -0.1) is 0 Å². The first-order chi connectivity index (χ1) is 9.36. The van der Waals surface area contributed by atoms with Crippen LogP contribution in [0.25, 0.3) is 5.70 Å². The van der Waals surface area contributed by atoms with Gasteiger partial charge in [-0.1, -0.05) is 30.3 Å². The Balaban J connectivity index is 2.06. The first-order valence-electron chi connectivity index (χ1n) is 6.03. The first-order valence-corrected chi connectivity index (χ1v) is 6.03. The average Bonchev–Trinajstić information content (AvgIpc) is 3.13. The van der Waals surface area contributed by atoms with Crippen molar-refractivity contribution in [2.75, 3.05) is 13.1 Å². The molecule has 6 nitrogen and oxygen atoms in total. The lowest BCUT2D eigenvalue weighted by molar-refractivity contribution is 0.104. The van der Waals surface area contributed by atoms with Crippen LogP contribution in [0, 0.1) is 0 Å². The van der Waals surface area contributed by atoms with E-state index in [4.69, 9.17) is 0 Å². The Hall–Kier alpha value is -2.63. The quantitative estimate of drug-likeness (QED) is 0.616. The molecule has 1 fully saturated rings. The lowest BCUT2D eigenvalue weighted by atomic mass is 10.1. The summed E-state index contributed by atoms with van der Waals surface area (Å²) in [6, 6.07) is 9.13. The molecule has 0 unspecified atom stereocenters. The number of aromatic nitrogens is 3. The van der Waals surface area contributed by atoms with Gasteiger partial charge in [-0.25, -0.2) is 9.67 Å². The zero-order valence-electron chi connectivity index (χ0n) is 10.2. The maximum Gasteiger partial charge on any atom is 0.215 e. The molecule has 0 amide bonds. The largest absolute Gasteiger partial charge is 0.368 e. The molecule has 96 valence electrons. The topological polar surface area (TPSA) is 71.8 Å². The van der Waals surface area contributed by atoms with Crippen molar-refractivity contribution in [2.45, 2.75) is 0 Å². The highest BCUT2D eigenvalue weighted by Gasteiger charge is 2.22. The van der Waals surface area contributed by atoms with Gasteiger partial charge < -0.3 is 10.6 Å². The van der Waals surface area contributed by atoms with Gasteiger partial charge in [0.1, 0.15) is 18.5 Å². The fourth-order valence-corrected chi connectivity index (χ4v) is 1.99. The summed E-state index contributed by atoms with van der Waals surface area (Å²) in [6.07, 6.45) is 2.93. The molecule has 2 N–H and O–H groups in total. The van der Waals surface area contributed by atoms with Crippen LogP contribution in [-0.4, -0.2) is 33.6 Å². The van der Waals surface area contributed by atoms with Crippen LogP contribution in [0.3, 0.4) is 0 Å². The summed E-state index contributed by atoms with van der Waals surface area (Å²) in [5, 5.41) is 10.4. The molecule has 1 aromatic carbocycles. The minimum atomic E-state index is -0.0944. The molecule has 1 aromatic heterocycles. The van der Waals surface area contributed by atoms with Crippen LogP contribution in [0.5, 0.6) is 0 Å². The summed E-state index contributed by atoms with van der Waals surface area (Å²) >= 11 is 0. The van der Waals surface area contributed by atoms with Gasteiger partial charge in [-0.3, -0.25) is 4.79 Å². The number of carbonyl (C=O) groups excluding carboxylic acids is 1. The van der Waals surface area contributed by atoms with E-state index in [1.165, 1.54) is 17.3 Å². The lowest BCUT2D eigenvalue weighted by Crippen LogP contribution is -2.21. The van der Waals surface area contributed by atoms with Crippen molar-refractivity contribution >= 4 is 11.5 Å². The van der Waals surface area contributed by atoms with Crippen molar-refractivity contribution < 1.29 is 4.79 Å². The maximum atomic E-state index is 12.6. The number of nitrogens with zero attached hydrogens (tertiary/aromatic N) is 3. The van der Waals surface area contributed by atoms with E-state index in [0.29, 0.717) is 17.1 Å². The van der Waals surface area contributed by atoms with Gasteiger partial charge in [0.05, 0.1) is 0 Å². The highest BCUT2D eigenvalue weighted by molar-refractivity contribution is 6.24. The highest BCUT2D eigenvalue weighted by atomic mass is 16.1. The summed E-state index contributed by atoms with van der Waals surface area (Å²) in [4.78, 5) is 16.5. The van der Waals surface area contributed by atoms with Crippen LogP contribution in [0.4, 0.5) is 0 Å². The molecule has 0 bridgehead atoms. The third kappa shape index (κ3) is 2.20. The number of carbonyl (C=O) groups is 1. The smallest absolute Gasteiger partial charge is 0.215 e. The van der Waals surface area contributed by atoms with Gasteiger partial charge in [0, 0.05) is 18.7 Å². The van der Waals surface area contributed by atoms with Crippen molar-refractivity contribution in [3.63, 3.8) is 0 Å². The average molecular weight is 255 g/mol. The molecule has 1 aliphatic rings. The third-order valence-corrected chi connectivity index (χ3v) is 2.86. The predicted molar refractivity (Wildman–Crippen MR) is 70.0 cm³/mol. The molecule has 0 spiro atoms. The summed E-state index contributed by atoms with van der Waals surface area (Å²) in [5.74, 6) is 0.599. The fraction of sp³-hybridized carbons (Fsp3) is 0.154. The third-order valence-electron chi connectivity index (χ3n) is 2.86. The van der Waals surface area contributed by atoms with Crippen LogP contribution in [0.15, 0.2) is 48.8 Å². The van der Waals surface area contributed by atoms with Gasteiger partial charge in [0.25, 0.3) is 0 Å². The van der Waals surface area contributed by atoms with Crippen LogP contribution < -0.4 is 10.6 Å². The van der Waals surface area contributed by atoms with Gasteiger partial charge in [0.2, 0.25) is 5.78 Å². The van der Waals surface area contributed by atoms with Crippen molar-refractivity contribution in [3.8, 4) is 0 Å². The summed E-state index contributed by atoms with van der Waals surface area (Å²) in [6.45, 7) is 1.57. The molecule has 0 saturated carbocycles. The molecule has 0 radical (unpaired) electrons. The van der Waals surface area contributed by atoms with Crippen molar-refractivity contribution in [1.29, 1.82) is 0 Å². The molecule has 2 heterocycles. The van der Waals surface area contributed by atoms with E-state index in [9.17, 15) is 4.79 Å². The second-order valence-corrected chi connectivity index (χ2v) is 4.11. The van der Waals surface area contributed by atoms with Crippen molar-refractivity contribution in [2.24, 2.45) is 0 Å². The van der Waals surface area contributed by atoms with E-state index < -0.39 is 0 Å². The molecule has 3 rings (SSSR count). The first kappa shape index (κ1) is 11.5. The van der Waals surface area contributed by atoms with Gasteiger partial charge >= 0.3 is 0 Å². The Bertz CT molecular complexity index is 595. The Morgan fingerprint density at radius 3 is 2.53 bits per heavy atom. The Morgan fingerprint density at radius 2 is 1.89 bits per heavy atom. The number of allylic oxidation sites excluding steroid dienone is 1. The minimum absolute atomic E-state index is 0.0944. The second kappa shape index (κ2) is 4.93. The monoisotopic (exact) mass is 255 g/mol. The SMILES string of the molecule is O=C(C(=C1NCCN1)n1cncn1)c1ccccc1. The molecular formula is C13H13N5O. The van der Waals surface area contributed by atoms with Crippen LogP contribution >= 0.6 is 0 Å². The summed E-state index contributed by atoms with van der Waals surface area (Å²) in [7, 11) is 0. The van der Waals surface area contributed by atoms with E-state index in [0.717, 1.165) is 13.1 Å². The van der Waals surface area contributed by atoms with Crippen LogP contribution in [0.2, 0.25) is 0 Å². The zero-order chi connectivity index (χ0) is 13.1. The fourth-order valence-electron chi connectivity index (χ4n) is 1.99. The molecule has 6 heteroatoms. The molecule has 0 aliphatic carbocycles. The highest BCUT2D eigenvalue weighted by Crippen LogP contribution is 2.15. The minimum Gasteiger partial charge on any atom is -0.368 e. The number of hydrogen-bond donors (Lipinski definition) is 2. The second-order valence-electron chi connectivity index (χ2n) is 4.11. The van der Waals surface area contributed by atoms with Crippen molar-refractivity contribution in [3.05, 3.63) is 54.4 Å². The van der Waals surface area contributed by atoms with E-state index in [2.05, 4.69) is 20.7 Å². The Labute approximate surface area is 110 Å². The number of benzene rings is 1. The van der Waals surface area contributed by atoms with Crippen LogP contribution in [-0.2, 0) is 0 Å². The number of Topliss-reactive ketones (excluding diaryl/α,β-unsaturated/α-hetero) is 1. The van der Waals surface area contributed by atoms with Gasteiger partial charge in [0.15, 0.2) is 5.70 Å². The molecule has 2 aromatic rings. The molecule has 19 heavy (non-hydrogen) atoms. The van der Waals surface area contributed by atoms with Crippen LogP contribution in [0.1, 0.15) is 10.4 Å². The predicted octanol–water partition coefficient (Wildman–Crippen LogP) is 0.480. The Morgan fingerprint density at radius 1 is 1.16 bits per heavy atom. The molecule has 0 atom stereocenters. The normalized spacial score (nSPS) is 13.8. The zero-order valence-corrected chi connectivity index (χ0v) is 10.2. The molecule has 1 aliphatic heterocycles.